The van der Waals surface area contributed by atoms with Crippen molar-refractivity contribution in [3.63, 3.8) is 0 Å². The van der Waals surface area contributed by atoms with Gasteiger partial charge in [0.1, 0.15) is 11.6 Å². The van der Waals surface area contributed by atoms with Crippen molar-refractivity contribution in [3.05, 3.63) is 70.2 Å². The van der Waals surface area contributed by atoms with Crippen molar-refractivity contribution in [3.8, 4) is 0 Å². The Morgan fingerprint density at radius 2 is 1.53 bits per heavy atom. The van der Waals surface area contributed by atoms with Crippen molar-refractivity contribution in [2.75, 3.05) is 16.0 Å². The summed E-state index contributed by atoms with van der Waals surface area (Å²) in [7, 11) is 0. The average molecular weight is 442 g/mol. The predicted octanol–water partition coefficient (Wildman–Crippen LogP) is 6.88. The molecule has 0 spiro atoms. The number of hydrogen-bond acceptors (Lipinski definition) is 5. The second-order valence-electron chi connectivity index (χ2n) is 7.56. The molecular formula is C23H25Cl2N5. The Kier molecular flexibility index (Phi) is 6.92. The lowest BCUT2D eigenvalue weighted by molar-refractivity contribution is 0.462. The van der Waals surface area contributed by atoms with E-state index in [2.05, 4.69) is 33.1 Å². The van der Waals surface area contributed by atoms with Crippen molar-refractivity contribution < 1.29 is 0 Å². The molecule has 0 amide bonds. The summed E-state index contributed by atoms with van der Waals surface area (Å²) in [6, 6.07) is 17.9. The lowest BCUT2D eigenvalue weighted by Gasteiger charge is -2.23. The van der Waals surface area contributed by atoms with Crippen LogP contribution in [0.5, 0.6) is 0 Å². The van der Waals surface area contributed by atoms with Gasteiger partial charge in [0, 0.05) is 34.4 Å². The van der Waals surface area contributed by atoms with Crippen LogP contribution in [0.4, 0.5) is 23.3 Å². The molecule has 30 heavy (non-hydrogen) atoms. The first-order valence-corrected chi connectivity index (χ1v) is 11.1. The van der Waals surface area contributed by atoms with Gasteiger partial charge < -0.3 is 16.0 Å². The molecule has 3 aromatic rings. The number of rotatable bonds is 7. The van der Waals surface area contributed by atoms with Crippen molar-refractivity contribution in [1.82, 2.24) is 9.97 Å². The van der Waals surface area contributed by atoms with Crippen LogP contribution in [-0.2, 0) is 6.54 Å². The molecule has 0 saturated heterocycles. The number of aromatic nitrogens is 2. The van der Waals surface area contributed by atoms with Gasteiger partial charge in [-0.25, -0.2) is 0 Å². The quantitative estimate of drug-likeness (QED) is 0.372. The monoisotopic (exact) mass is 441 g/mol. The Balaban J connectivity index is 1.55. The molecule has 1 aromatic heterocycles. The first-order chi connectivity index (χ1) is 14.6. The van der Waals surface area contributed by atoms with Gasteiger partial charge in [0.15, 0.2) is 0 Å². The summed E-state index contributed by atoms with van der Waals surface area (Å²) in [4.78, 5) is 9.33. The van der Waals surface area contributed by atoms with Crippen LogP contribution in [0.25, 0.3) is 0 Å². The molecule has 1 saturated carbocycles. The number of halogens is 2. The van der Waals surface area contributed by atoms with E-state index in [-0.39, 0.29) is 0 Å². The molecule has 0 radical (unpaired) electrons. The number of nitrogens with one attached hydrogen (secondary N) is 3. The molecule has 1 fully saturated rings. The van der Waals surface area contributed by atoms with Crippen molar-refractivity contribution in [2.24, 2.45) is 0 Å². The normalized spacial score (nSPS) is 14.3. The Labute approximate surface area is 187 Å². The van der Waals surface area contributed by atoms with E-state index in [1.807, 2.05) is 36.4 Å². The maximum atomic E-state index is 6.14. The number of hydrogen-bond donors (Lipinski definition) is 3. The van der Waals surface area contributed by atoms with E-state index in [9.17, 15) is 0 Å². The van der Waals surface area contributed by atoms with E-state index < -0.39 is 0 Å². The highest BCUT2D eigenvalue weighted by atomic mass is 35.5. The topological polar surface area (TPSA) is 61.9 Å². The minimum Gasteiger partial charge on any atom is -0.367 e. The van der Waals surface area contributed by atoms with Crippen LogP contribution in [0, 0.1) is 0 Å². The molecule has 1 heterocycles. The SMILES string of the molecule is Clc1cc(Cl)cc(Nc2cc(NC3CCCCC3)nc(NCc3ccccc3)n2)c1. The molecular weight excluding hydrogens is 417 g/mol. The summed E-state index contributed by atoms with van der Waals surface area (Å²) in [6.45, 7) is 0.649. The van der Waals surface area contributed by atoms with Crippen molar-refractivity contribution in [2.45, 2.75) is 44.7 Å². The fraction of sp³-hybridized carbons (Fsp3) is 0.304. The maximum Gasteiger partial charge on any atom is 0.226 e. The van der Waals surface area contributed by atoms with E-state index in [0.717, 1.165) is 11.5 Å². The fourth-order valence-electron chi connectivity index (χ4n) is 3.67. The first kappa shape index (κ1) is 20.8. The molecule has 2 aromatic carbocycles. The second-order valence-corrected chi connectivity index (χ2v) is 8.44. The minimum atomic E-state index is 0.448. The zero-order valence-electron chi connectivity index (χ0n) is 16.7. The Hall–Kier alpha value is -2.50. The predicted molar refractivity (Wildman–Crippen MR) is 126 cm³/mol. The number of benzene rings is 2. The van der Waals surface area contributed by atoms with E-state index in [1.165, 1.54) is 37.7 Å². The van der Waals surface area contributed by atoms with E-state index >= 15 is 0 Å². The highest BCUT2D eigenvalue weighted by molar-refractivity contribution is 6.35. The largest absolute Gasteiger partial charge is 0.367 e. The number of nitrogens with zero attached hydrogens (tertiary/aromatic N) is 2. The maximum absolute atomic E-state index is 6.14. The van der Waals surface area contributed by atoms with Gasteiger partial charge in [0.25, 0.3) is 0 Å². The van der Waals surface area contributed by atoms with Gasteiger partial charge in [-0.15, -0.1) is 0 Å². The molecule has 0 bridgehead atoms. The fourth-order valence-corrected chi connectivity index (χ4v) is 4.20. The summed E-state index contributed by atoms with van der Waals surface area (Å²) in [5.74, 6) is 2.05. The molecule has 3 N–H and O–H groups in total. The van der Waals surface area contributed by atoms with Gasteiger partial charge in [0.05, 0.1) is 0 Å². The lowest BCUT2D eigenvalue weighted by Crippen LogP contribution is -2.23. The molecule has 1 aliphatic rings. The van der Waals surface area contributed by atoms with Crippen LogP contribution in [0.15, 0.2) is 54.6 Å². The molecule has 0 atom stereocenters. The molecule has 0 aliphatic heterocycles. The van der Waals surface area contributed by atoms with Gasteiger partial charge in [-0.05, 0) is 36.6 Å². The smallest absolute Gasteiger partial charge is 0.226 e. The summed E-state index contributed by atoms with van der Waals surface area (Å²) >= 11 is 12.3. The Morgan fingerprint density at radius 1 is 0.833 bits per heavy atom. The van der Waals surface area contributed by atoms with Gasteiger partial charge in [-0.2, -0.15) is 9.97 Å². The van der Waals surface area contributed by atoms with Crippen LogP contribution in [0.1, 0.15) is 37.7 Å². The van der Waals surface area contributed by atoms with Gasteiger partial charge in [-0.3, -0.25) is 0 Å². The third-order valence-electron chi connectivity index (χ3n) is 5.11. The average Bonchev–Trinajstić information content (AvgIpc) is 2.73. The minimum absolute atomic E-state index is 0.448. The summed E-state index contributed by atoms with van der Waals surface area (Å²) in [5, 5.41) is 11.4. The van der Waals surface area contributed by atoms with Crippen molar-refractivity contribution in [1.29, 1.82) is 0 Å². The third-order valence-corrected chi connectivity index (χ3v) is 5.55. The highest BCUT2D eigenvalue weighted by Crippen LogP contribution is 2.27. The lowest BCUT2D eigenvalue weighted by atomic mass is 9.95. The molecule has 156 valence electrons. The zero-order chi connectivity index (χ0) is 20.8. The van der Waals surface area contributed by atoms with Crippen LogP contribution >= 0.6 is 23.2 Å². The molecule has 4 rings (SSSR count). The summed E-state index contributed by atoms with van der Waals surface area (Å²) < 4.78 is 0. The van der Waals surface area contributed by atoms with E-state index in [4.69, 9.17) is 28.2 Å². The third kappa shape index (κ3) is 6.00. The highest BCUT2D eigenvalue weighted by Gasteiger charge is 2.15. The first-order valence-electron chi connectivity index (χ1n) is 10.3. The molecule has 5 nitrogen and oxygen atoms in total. The van der Waals surface area contributed by atoms with E-state index in [0.29, 0.717) is 34.4 Å². The molecule has 1 aliphatic carbocycles. The summed E-state index contributed by atoms with van der Waals surface area (Å²) in [5.41, 5.74) is 1.95. The van der Waals surface area contributed by atoms with Crippen LogP contribution in [0.2, 0.25) is 10.0 Å². The number of anilines is 4. The Morgan fingerprint density at radius 3 is 2.27 bits per heavy atom. The Bertz CT molecular complexity index is 954. The molecule has 0 unspecified atom stereocenters. The second kappa shape index (κ2) is 10.0. The van der Waals surface area contributed by atoms with Gasteiger partial charge in [0.2, 0.25) is 5.95 Å². The van der Waals surface area contributed by atoms with Gasteiger partial charge >= 0.3 is 0 Å². The van der Waals surface area contributed by atoms with Crippen LogP contribution in [0.3, 0.4) is 0 Å². The zero-order valence-corrected chi connectivity index (χ0v) is 18.2. The molecule has 7 heteroatoms. The van der Waals surface area contributed by atoms with Crippen LogP contribution in [-0.4, -0.2) is 16.0 Å². The van der Waals surface area contributed by atoms with Gasteiger partial charge in [-0.1, -0.05) is 72.8 Å². The van der Waals surface area contributed by atoms with Crippen molar-refractivity contribution >= 4 is 46.5 Å². The van der Waals surface area contributed by atoms with E-state index in [1.54, 1.807) is 6.07 Å². The van der Waals surface area contributed by atoms with Crippen LogP contribution < -0.4 is 16.0 Å². The standard InChI is InChI=1S/C23H25Cl2N5/c24-17-11-18(25)13-20(12-17)28-22-14-21(27-19-9-5-2-6-10-19)29-23(30-22)26-15-16-7-3-1-4-8-16/h1,3-4,7-8,11-14,19H,2,5-6,9-10,15H2,(H3,26,27,28,29,30). The summed E-state index contributed by atoms with van der Waals surface area (Å²) in [6.07, 6.45) is 6.17.